The number of rotatable bonds is 4. The minimum absolute atomic E-state index is 0.0327. The van der Waals surface area contributed by atoms with Crippen LogP contribution >= 0.6 is 0 Å². The fourth-order valence-corrected chi connectivity index (χ4v) is 6.11. The molecule has 2 aromatic heterocycles. The zero-order valence-electron chi connectivity index (χ0n) is 21.3. The summed E-state index contributed by atoms with van der Waals surface area (Å²) in [4.78, 5) is 24.6. The van der Waals surface area contributed by atoms with Crippen molar-refractivity contribution in [3.63, 3.8) is 0 Å². The number of nitrogens with two attached hydrogens (primary N) is 1. The quantitative estimate of drug-likeness (QED) is 0.205. The molecule has 6 aromatic rings. The molecule has 1 saturated heterocycles. The van der Waals surface area contributed by atoms with Crippen LogP contribution in [0.25, 0.3) is 43.5 Å². The summed E-state index contributed by atoms with van der Waals surface area (Å²) in [5, 5.41) is 27.0. The lowest BCUT2D eigenvalue weighted by Gasteiger charge is -2.19. The van der Waals surface area contributed by atoms with Crippen LogP contribution in [-0.4, -0.2) is 48.5 Å². The van der Waals surface area contributed by atoms with E-state index in [1.807, 2.05) is 24.3 Å². The lowest BCUT2D eigenvalue weighted by atomic mass is 9.88. The van der Waals surface area contributed by atoms with E-state index in [0.29, 0.717) is 12.2 Å². The van der Waals surface area contributed by atoms with Crippen molar-refractivity contribution >= 4 is 49.4 Å². The highest BCUT2D eigenvalue weighted by Crippen LogP contribution is 2.39. The number of aromatic nitrogens is 4. The van der Waals surface area contributed by atoms with Crippen LogP contribution in [0.2, 0.25) is 0 Å². The molecule has 1 fully saturated rings. The van der Waals surface area contributed by atoms with Gasteiger partial charge in [0.15, 0.2) is 11.2 Å². The van der Waals surface area contributed by atoms with Gasteiger partial charge < -0.3 is 20.7 Å². The predicted molar refractivity (Wildman–Crippen MR) is 151 cm³/mol. The molecule has 0 spiro atoms. The number of hydrogen-bond donors (Lipinski definition) is 4. The van der Waals surface area contributed by atoms with E-state index in [1.165, 1.54) is 5.56 Å². The molecule has 3 heterocycles. The summed E-state index contributed by atoms with van der Waals surface area (Å²) in [6, 6.07) is 20.9. The van der Waals surface area contributed by atoms with Gasteiger partial charge in [-0.05, 0) is 50.4 Å². The molecule has 9 nitrogen and oxygen atoms in total. The van der Waals surface area contributed by atoms with Gasteiger partial charge in [-0.3, -0.25) is 14.3 Å². The minimum atomic E-state index is -0.866. The van der Waals surface area contributed by atoms with E-state index in [4.69, 9.17) is 15.5 Å². The van der Waals surface area contributed by atoms with Crippen LogP contribution < -0.4 is 11.3 Å². The van der Waals surface area contributed by atoms with Crippen LogP contribution in [-0.2, 0) is 11.2 Å². The first-order valence-corrected chi connectivity index (χ1v) is 13.0. The smallest absolute Gasteiger partial charge is 0.280 e. The number of imidazole rings is 1. The van der Waals surface area contributed by atoms with Crippen LogP contribution in [0.1, 0.15) is 29.6 Å². The summed E-state index contributed by atoms with van der Waals surface area (Å²) in [5.41, 5.74) is 8.18. The summed E-state index contributed by atoms with van der Waals surface area (Å²) in [6.45, 7) is 1.82. The Labute approximate surface area is 222 Å². The third-order valence-electron chi connectivity index (χ3n) is 7.94. The van der Waals surface area contributed by atoms with Crippen molar-refractivity contribution in [2.45, 2.75) is 38.2 Å². The van der Waals surface area contributed by atoms with Crippen molar-refractivity contribution in [1.82, 2.24) is 19.5 Å². The van der Waals surface area contributed by atoms with Gasteiger partial charge in [-0.1, -0.05) is 60.7 Å². The first-order valence-electron chi connectivity index (χ1n) is 13.0. The Balaban J connectivity index is 1.54. The minimum Gasteiger partial charge on any atom is -0.394 e. The third-order valence-corrected chi connectivity index (χ3v) is 7.94. The van der Waals surface area contributed by atoms with Gasteiger partial charge >= 0.3 is 0 Å². The maximum absolute atomic E-state index is 12.9. The molecule has 0 amide bonds. The lowest BCUT2D eigenvalue weighted by molar-refractivity contribution is -0.0439. The second-order valence-electron chi connectivity index (χ2n) is 10.2. The van der Waals surface area contributed by atoms with E-state index in [-0.39, 0.29) is 30.1 Å². The summed E-state index contributed by atoms with van der Waals surface area (Å²) in [7, 11) is 0. The standard InChI is InChI=1S/C30H27N5O4/c1-15-17-7-4-5-9-20(17)21(26-18(15)11-10-16-6-2-3-8-19(16)26)12-24-32-27-28(33-30(31)34-29(27)38)35(24)25-13-22(37)23(14-36)39-25/h2-11,22-23,25,36-37H,12-14H2,1H3,(H3,31,33,34,38)/t22-,23+,25+/m0/s1. The topological polar surface area (TPSA) is 139 Å². The lowest BCUT2D eigenvalue weighted by Crippen LogP contribution is -2.24. The monoisotopic (exact) mass is 521 g/mol. The van der Waals surface area contributed by atoms with Gasteiger partial charge in [0.05, 0.1) is 12.7 Å². The first-order chi connectivity index (χ1) is 18.9. The highest BCUT2D eigenvalue weighted by molar-refractivity contribution is 6.16. The largest absolute Gasteiger partial charge is 0.394 e. The van der Waals surface area contributed by atoms with Crippen molar-refractivity contribution in [1.29, 1.82) is 0 Å². The number of aryl methyl sites for hydroxylation is 1. The number of benzene rings is 4. The van der Waals surface area contributed by atoms with Gasteiger partial charge in [-0.25, -0.2) is 4.98 Å². The number of aliphatic hydroxyl groups excluding tert-OH is 2. The fourth-order valence-electron chi connectivity index (χ4n) is 6.11. The average molecular weight is 522 g/mol. The molecule has 0 radical (unpaired) electrons. The Morgan fingerprint density at radius 1 is 1.03 bits per heavy atom. The SMILES string of the molecule is Cc1c2ccccc2c(Cc2nc3c(=O)[nH]c(N)nc3n2[C@H]2C[C@H](O)[C@@H](CO)O2)c2c1ccc1ccccc12. The van der Waals surface area contributed by atoms with Gasteiger partial charge in [-0.2, -0.15) is 4.98 Å². The number of nitrogens with one attached hydrogen (secondary N) is 1. The molecule has 7 rings (SSSR count). The number of H-pyrrole nitrogens is 1. The number of aromatic amines is 1. The second kappa shape index (κ2) is 8.88. The predicted octanol–water partition coefficient (Wildman–Crippen LogP) is 3.70. The maximum atomic E-state index is 12.9. The highest BCUT2D eigenvalue weighted by atomic mass is 16.5. The van der Waals surface area contributed by atoms with Crippen LogP contribution in [0, 0.1) is 6.92 Å². The van der Waals surface area contributed by atoms with Crippen molar-refractivity contribution in [2.75, 3.05) is 12.3 Å². The van der Waals surface area contributed by atoms with Gasteiger partial charge in [0.1, 0.15) is 18.2 Å². The molecule has 1 aliphatic heterocycles. The number of ether oxygens (including phenoxy) is 1. The van der Waals surface area contributed by atoms with Crippen LogP contribution in [0.4, 0.5) is 5.95 Å². The van der Waals surface area contributed by atoms with Gasteiger partial charge in [0.2, 0.25) is 5.95 Å². The Morgan fingerprint density at radius 2 is 1.77 bits per heavy atom. The van der Waals surface area contributed by atoms with E-state index in [1.54, 1.807) is 4.57 Å². The van der Waals surface area contributed by atoms with E-state index >= 15 is 0 Å². The zero-order valence-corrected chi connectivity index (χ0v) is 21.3. The molecular weight excluding hydrogens is 494 g/mol. The van der Waals surface area contributed by atoms with Crippen LogP contribution in [0.15, 0.2) is 65.5 Å². The number of hydrogen-bond acceptors (Lipinski definition) is 7. The second-order valence-corrected chi connectivity index (χ2v) is 10.2. The summed E-state index contributed by atoms with van der Waals surface area (Å²) in [5.74, 6) is 0.530. The zero-order chi connectivity index (χ0) is 26.8. The van der Waals surface area contributed by atoms with Crippen LogP contribution in [0.3, 0.4) is 0 Å². The van der Waals surface area contributed by atoms with Crippen molar-refractivity contribution in [3.05, 3.63) is 88.0 Å². The first kappa shape index (κ1) is 23.8. The normalized spacial score (nSPS) is 19.6. The number of aliphatic hydroxyl groups is 2. The van der Waals surface area contributed by atoms with Crippen molar-refractivity contribution in [3.8, 4) is 0 Å². The number of nitrogens with zero attached hydrogens (tertiary/aromatic N) is 3. The summed E-state index contributed by atoms with van der Waals surface area (Å²) >= 11 is 0. The average Bonchev–Trinajstić information content (AvgIpc) is 3.49. The fraction of sp³-hybridized carbons (Fsp3) is 0.233. The maximum Gasteiger partial charge on any atom is 0.280 e. The Kier molecular flexibility index (Phi) is 5.41. The number of nitrogen functional groups attached to an aromatic ring is 1. The molecule has 0 bridgehead atoms. The highest BCUT2D eigenvalue weighted by Gasteiger charge is 2.37. The van der Waals surface area contributed by atoms with Gasteiger partial charge in [0.25, 0.3) is 5.56 Å². The van der Waals surface area contributed by atoms with Gasteiger partial charge in [0, 0.05) is 12.8 Å². The van der Waals surface area contributed by atoms with E-state index in [2.05, 4.69) is 53.3 Å². The number of anilines is 1. The molecule has 0 unspecified atom stereocenters. The molecule has 5 N–H and O–H groups in total. The van der Waals surface area contributed by atoms with E-state index < -0.39 is 24.0 Å². The molecule has 4 aromatic carbocycles. The molecule has 0 saturated carbocycles. The Hall–Kier alpha value is -4.31. The summed E-state index contributed by atoms with van der Waals surface area (Å²) in [6.07, 6.45) is -1.69. The van der Waals surface area contributed by atoms with E-state index in [9.17, 15) is 15.0 Å². The Morgan fingerprint density at radius 3 is 2.54 bits per heavy atom. The number of fused-ring (bicyclic) bond motifs is 5. The van der Waals surface area contributed by atoms with Crippen molar-refractivity contribution < 1.29 is 14.9 Å². The molecule has 3 atom stereocenters. The van der Waals surface area contributed by atoms with Gasteiger partial charge in [-0.15, -0.1) is 0 Å². The molecule has 0 aliphatic carbocycles. The molecular formula is C30H27N5O4. The van der Waals surface area contributed by atoms with E-state index in [0.717, 1.165) is 37.9 Å². The van der Waals surface area contributed by atoms with Crippen molar-refractivity contribution in [2.24, 2.45) is 0 Å². The molecule has 9 heteroatoms. The summed E-state index contributed by atoms with van der Waals surface area (Å²) < 4.78 is 7.78. The Bertz CT molecular complexity index is 1980. The molecule has 1 aliphatic rings. The molecule has 39 heavy (non-hydrogen) atoms. The van der Waals surface area contributed by atoms with Crippen LogP contribution in [0.5, 0.6) is 0 Å². The third kappa shape index (κ3) is 3.62. The molecule has 196 valence electrons.